The maximum Gasteiger partial charge on any atom is 0.238 e. The van der Waals surface area contributed by atoms with E-state index < -0.39 is 0 Å². The predicted molar refractivity (Wildman–Crippen MR) is 116 cm³/mol. The van der Waals surface area contributed by atoms with E-state index in [1.807, 2.05) is 57.3 Å². The molecule has 0 saturated heterocycles. The molecule has 5 nitrogen and oxygen atoms in total. The minimum Gasteiger partial charge on any atom is -0.367 e. The number of hydrogen-bond donors (Lipinski definition) is 1. The molecule has 1 fully saturated rings. The first-order valence-corrected chi connectivity index (χ1v) is 9.76. The molecule has 2 aromatic heterocycles. The highest BCUT2D eigenvalue weighted by molar-refractivity contribution is 5.96. The summed E-state index contributed by atoms with van der Waals surface area (Å²) in [5, 5.41) is 4.15. The smallest absolute Gasteiger partial charge is 0.238 e. The Labute approximate surface area is 162 Å². The van der Waals surface area contributed by atoms with Crippen LogP contribution < -0.4 is 5.73 Å². The number of nitrogens with zero attached hydrogens (tertiary/aromatic N) is 4. The Bertz CT molecular complexity index is 824. The van der Waals surface area contributed by atoms with E-state index in [9.17, 15) is 0 Å². The van der Waals surface area contributed by atoms with Crippen LogP contribution in [-0.4, -0.2) is 20.3 Å². The summed E-state index contributed by atoms with van der Waals surface area (Å²) in [5.74, 6) is 0.261. The van der Waals surface area contributed by atoms with Gasteiger partial charge in [0, 0.05) is 23.7 Å². The molecule has 0 spiro atoms. The maximum atomic E-state index is 5.59. The summed E-state index contributed by atoms with van der Waals surface area (Å²) in [5.41, 5.74) is 9.60. The molecule has 0 aromatic carbocycles. The minimum absolute atomic E-state index is 0.261. The summed E-state index contributed by atoms with van der Waals surface area (Å²) in [4.78, 5) is 8.33. The first-order valence-electron chi connectivity index (χ1n) is 9.76. The second kappa shape index (κ2) is 11.1. The minimum atomic E-state index is 0.261. The van der Waals surface area contributed by atoms with Crippen molar-refractivity contribution in [2.24, 2.45) is 4.99 Å². The molecule has 1 saturated carbocycles. The van der Waals surface area contributed by atoms with Crippen molar-refractivity contribution in [1.82, 2.24) is 14.6 Å². The molecule has 0 bridgehead atoms. The second-order valence-corrected chi connectivity index (χ2v) is 6.63. The van der Waals surface area contributed by atoms with Gasteiger partial charge in [-0.1, -0.05) is 56.8 Å². The highest BCUT2D eigenvalue weighted by atomic mass is 15.3. The van der Waals surface area contributed by atoms with Crippen LogP contribution in [-0.2, 0) is 0 Å². The van der Waals surface area contributed by atoms with Crippen molar-refractivity contribution in [2.45, 2.75) is 59.3 Å². The number of aromatic nitrogens is 3. The van der Waals surface area contributed by atoms with E-state index in [0.717, 1.165) is 22.4 Å². The molecule has 1 aliphatic carbocycles. The third-order valence-corrected chi connectivity index (χ3v) is 4.49. The lowest BCUT2D eigenvalue weighted by Gasteiger charge is -2.05. The Balaban J connectivity index is 0.000000369. The van der Waals surface area contributed by atoms with Crippen molar-refractivity contribution in [3.05, 3.63) is 54.5 Å². The summed E-state index contributed by atoms with van der Waals surface area (Å²) in [6.45, 7) is 5.90. The topological polar surface area (TPSA) is 68.6 Å². The van der Waals surface area contributed by atoms with Crippen LogP contribution in [0.5, 0.6) is 0 Å². The zero-order valence-corrected chi connectivity index (χ0v) is 16.7. The number of aliphatic imine (C=N–C) groups is 1. The highest BCUT2D eigenvalue weighted by Crippen LogP contribution is 2.22. The van der Waals surface area contributed by atoms with Crippen LogP contribution in [0, 0.1) is 0 Å². The van der Waals surface area contributed by atoms with Gasteiger partial charge in [0.05, 0.1) is 11.7 Å². The first kappa shape index (κ1) is 20.6. The average molecular weight is 366 g/mol. The van der Waals surface area contributed by atoms with E-state index in [0.29, 0.717) is 0 Å². The van der Waals surface area contributed by atoms with E-state index in [1.54, 1.807) is 16.9 Å². The quantitative estimate of drug-likeness (QED) is 0.566. The standard InChI is InChI=1S/C16H19N5.C6H12/c1-4-9-18-12(3)6-7-13(5-2)14-8-10-21-15(14)11-19-16(17)20-21;1-2-4-6-5-3-1/h4-11H,1-3H3,(H2,17,20);1-6H2/b7-6-,9-4-,13-5+,18-12-;. The van der Waals surface area contributed by atoms with Crippen LogP contribution in [0.2, 0.25) is 0 Å². The van der Waals surface area contributed by atoms with Gasteiger partial charge in [-0.25, -0.2) is 9.50 Å². The van der Waals surface area contributed by atoms with Crippen LogP contribution >= 0.6 is 0 Å². The molecule has 0 atom stereocenters. The molecule has 5 heteroatoms. The average Bonchev–Trinajstić information content (AvgIpc) is 3.11. The number of rotatable bonds is 4. The lowest BCUT2D eigenvalue weighted by molar-refractivity contribution is 0.504. The zero-order valence-electron chi connectivity index (χ0n) is 16.7. The van der Waals surface area contributed by atoms with Gasteiger partial charge in [0.25, 0.3) is 0 Å². The van der Waals surface area contributed by atoms with Crippen LogP contribution in [0.4, 0.5) is 5.95 Å². The first-order chi connectivity index (χ1) is 13.2. The molecule has 2 aromatic rings. The predicted octanol–water partition coefficient (Wildman–Crippen LogP) is 5.61. The van der Waals surface area contributed by atoms with Gasteiger partial charge in [-0.3, -0.25) is 4.99 Å². The molecule has 2 N–H and O–H groups in total. The third kappa shape index (κ3) is 6.51. The molecular weight excluding hydrogens is 334 g/mol. The normalized spacial score (nSPS) is 16.1. The van der Waals surface area contributed by atoms with Gasteiger partial charge < -0.3 is 5.73 Å². The van der Waals surface area contributed by atoms with E-state index in [4.69, 9.17) is 5.73 Å². The van der Waals surface area contributed by atoms with E-state index >= 15 is 0 Å². The van der Waals surface area contributed by atoms with Gasteiger partial charge in [-0.15, -0.1) is 5.10 Å². The molecule has 0 amide bonds. The van der Waals surface area contributed by atoms with Crippen molar-refractivity contribution in [3.63, 3.8) is 0 Å². The van der Waals surface area contributed by atoms with Gasteiger partial charge in [-0.2, -0.15) is 0 Å². The molecule has 3 rings (SSSR count). The van der Waals surface area contributed by atoms with Crippen LogP contribution in [0.15, 0.2) is 54.0 Å². The lowest BCUT2D eigenvalue weighted by atomic mass is 10.0. The molecular formula is C22H31N5. The Morgan fingerprint density at radius 2 is 1.78 bits per heavy atom. The SMILES string of the molecule is C1CCCCC1.C\C=C/N=C(C)\C=C/C(=C\C)c1ccn2nc(N)ncc12. The number of anilines is 1. The molecule has 1 aliphatic rings. The summed E-state index contributed by atoms with van der Waals surface area (Å²) in [6, 6.07) is 2.00. The fourth-order valence-electron chi connectivity index (χ4n) is 3.01. The van der Waals surface area contributed by atoms with Gasteiger partial charge in [0.1, 0.15) is 0 Å². The fraction of sp³-hybridized carbons (Fsp3) is 0.409. The number of hydrogen-bond acceptors (Lipinski definition) is 4. The lowest BCUT2D eigenvalue weighted by Crippen LogP contribution is -1.99. The van der Waals surface area contributed by atoms with Crippen molar-refractivity contribution in [3.8, 4) is 0 Å². The van der Waals surface area contributed by atoms with E-state index in [1.165, 1.54) is 38.5 Å². The largest absolute Gasteiger partial charge is 0.367 e. The number of nitrogens with two attached hydrogens (primary N) is 1. The van der Waals surface area contributed by atoms with Crippen molar-refractivity contribution in [1.29, 1.82) is 0 Å². The van der Waals surface area contributed by atoms with Crippen molar-refractivity contribution in [2.75, 3.05) is 5.73 Å². The Morgan fingerprint density at radius 3 is 2.37 bits per heavy atom. The zero-order chi connectivity index (χ0) is 19.5. The third-order valence-electron chi connectivity index (χ3n) is 4.49. The summed E-state index contributed by atoms with van der Waals surface area (Å²) in [6.07, 6.45) is 22.4. The van der Waals surface area contributed by atoms with Crippen molar-refractivity contribution < 1.29 is 0 Å². The molecule has 144 valence electrons. The Morgan fingerprint density at radius 1 is 1.11 bits per heavy atom. The monoisotopic (exact) mass is 365 g/mol. The molecule has 0 unspecified atom stereocenters. The molecule has 0 aliphatic heterocycles. The fourth-order valence-corrected chi connectivity index (χ4v) is 3.01. The van der Waals surface area contributed by atoms with Gasteiger partial charge >= 0.3 is 0 Å². The van der Waals surface area contributed by atoms with Crippen molar-refractivity contribution >= 4 is 22.7 Å². The van der Waals surface area contributed by atoms with Gasteiger partial charge in [-0.05, 0) is 38.5 Å². The summed E-state index contributed by atoms with van der Waals surface area (Å²) >= 11 is 0. The van der Waals surface area contributed by atoms with Crippen LogP contribution in [0.1, 0.15) is 64.9 Å². The van der Waals surface area contributed by atoms with E-state index in [2.05, 4.69) is 15.1 Å². The van der Waals surface area contributed by atoms with Crippen LogP contribution in [0.3, 0.4) is 0 Å². The second-order valence-electron chi connectivity index (χ2n) is 6.63. The Hall–Kier alpha value is -2.69. The summed E-state index contributed by atoms with van der Waals surface area (Å²) < 4.78 is 1.73. The van der Waals surface area contributed by atoms with Crippen LogP contribution in [0.25, 0.3) is 11.1 Å². The Kier molecular flexibility index (Phi) is 8.49. The maximum absolute atomic E-state index is 5.59. The van der Waals surface area contributed by atoms with Gasteiger partial charge in [0.2, 0.25) is 5.95 Å². The van der Waals surface area contributed by atoms with E-state index in [-0.39, 0.29) is 5.95 Å². The summed E-state index contributed by atoms with van der Waals surface area (Å²) in [7, 11) is 0. The number of nitrogen functional groups attached to an aromatic ring is 1. The number of fused-ring (bicyclic) bond motifs is 1. The number of allylic oxidation sites excluding steroid dienone is 5. The molecule has 2 heterocycles. The van der Waals surface area contributed by atoms with Gasteiger partial charge in [0.15, 0.2) is 0 Å². The highest BCUT2D eigenvalue weighted by Gasteiger charge is 2.06. The molecule has 27 heavy (non-hydrogen) atoms. The molecule has 0 radical (unpaired) electrons.